The van der Waals surface area contributed by atoms with Crippen LogP contribution in [-0.4, -0.2) is 29.0 Å². The summed E-state index contributed by atoms with van der Waals surface area (Å²) in [5.74, 6) is 1.33. The summed E-state index contributed by atoms with van der Waals surface area (Å²) in [6.45, 7) is 0.193. The van der Waals surface area contributed by atoms with E-state index in [1.165, 1.54) is 24.3 Å². The Hall–Kier alpha value is -0.870. The van der Waals surface area contributed by atoms with Gasteiger partial charge in [-0.2, -0.15) is 11.8 Å². The Morgan fingerprint density at radius 3 is 2.56 bits per heavy atom. The lowest BCUT2D eigenvalue weighted by Gasteiger charge is -2.01. The van der Waals surface area contributed by atoms with Crippen molar-refractivity contribution in [3.63, 3.8) is 0 Å². The Morgan fingerprint density at radius 1 is 1.25 bits per heavy atom. The summed E-state index contributed by atoms with van der Waals surface area (Å²) in [4.78, 5) is 11.6. The zero-order valence-corrected chi connectivity index (χ0v) is 9.80. The Labute approximate surface area is 98.9 Å². The molecule has 0 heterocycles. The summed E-state index contributed by atoms with van der Waals surface area (Å²) < 4.78 is 12.6. The zero-order valence-electron chi connectivity index (χ0n) is 8.99. The number of rotatable bonds is 7. The van der Waals surface area contributed by atoms with E-state index in [2.05, 4.69) is 0 Å². The fourth-order valence-electron chi connectivity index (χ4n) is 1.21. The molecule has 4 heteroatoms. The minimum absolute atomic E-state index is 0.0384. The Balaban J connectivity index is 2.27. The van der Waals surface area contributed by atoms with E-state index < -0.39 is 0 Å². The number of aliphatic hydroxyl groups is 1. The number of hydrogen-bond donors (Lipinski definition) is 1. The molecule has 2 nitrogen and oxygen atoms in total. The standard InChI is InChI=1S/C12H15FO2S/c13-11-4-2-10(3-5-11)12(15)6-9-16-8-1-7-14/h2-5,14H,1,6-9H2. The molecule has 0 atom stereocenters. The quantitative estimate of drug-likeness (QED) is 0.589. The van der Waals surface area contributed by atoms with Crippen molar-refractivity contribution in [1.29, 1.82) is 0 Å². The Bertz CT molecular complexity index is 324. The van der Waals surface area contributed by atoms with Crippen LogP contribution in [0.25, 0.3) is 0 Å². The first kappa shape index (κ1) is 13.2. The fraction of sp³-hybridized carbons (Fsp3) is 0.417. The largest absolute Gasteiger partial charge is 0.396 e. The van der Waals surface area contributed by atoms with E-state index in [0.29, 0.717) is 12.0 Å². The molecule has 0 saturated heterocycles. The van der Waals surface area contributed by atoms with Crippen LogP contribution < -0.4 is 0 Å². The van der Waals surface area contributed by atoms with Gasteiger partial charge in [0, 0.05) is 24.3 Å². The number of halogens is 1. The molecule has 1 N–H and O–H groups in total. The summed E-state index contributed by atoms with van der Waals surface area (Å²) in [6.07, 6.45) is 1.22. The van der Waals surface area contributed by atoms with Crippen LogP contribution in [0.3, 0.4) is 0 Å². The summed E-state index contributed by atoms with van der Waals surface area (Å²) in [7, 11) is 0. The van der Waals surface area contributed by atoms with Gasteiger partial charge in [0.15, 0.2) is 5.78 Å². The van der Waals surface area contributed by atoms with Crippen LogP contribution in [0.5, 0.6) is 0 Å². The van der Waals surface area contributed by atoms with Gasteiger partial charge in [-0.25, -0.2) is 4.39 Å². The lowest BCUT2D eigenvalue weighted by Crippen LogP contribution is -2.01. The van der Waals surface area contributed by atoms with Crippen molar-refractivity contribution in [3.05, 3.63) is 35.6 Å². The van der Waals surface area contributed by atoms with Crippen LogP contribution in [0.4, 0.5) is 4.39 Å². The molecule has 0 radical (unpaired) electrons. The van der Waals surface area contributed by atoms with Gasteiger partial charge >= 0.3 is 0 Å². The molecule has 1 rings (SSSR count). The van der Waals surface area contributed by atoms with E-state index in [1.807, 2.05) is 0 Å². The fourth-order valence-corrected chi connectivity index (χ4v) is 2.08. The van der Waals surface area contributed by atoms with Gasteiger partial charge in [0.25, 0.3) is 0 Å². The van der Waals surface area contributed by atoms with Gasteiger partial charge in [-0.15, -0.1) is 0 Å². The molecule has 0 aliphatic carbocycles. The lowest BCUT2D eigenvalue weighted by atomic mass is 10.1. The van der Waals surface area contributed by atoms with Crippen molar-refractivity contribution in [3.8, 4) is 0 Å². The predicted octanol–water partition coefficient (Wildman–Crippen LogP) is 2.51. The molecule has 1 aromatic carbocycles. The maximum Gasteiger partial charge on any atom is 0.163 e. The van der Waals surface area contributed by atoms with Crippen LogP contribution in [0.15, 0.2) is 24.3 Å². The van der Waals surface area contributed by atoms with Gasteiger partial charge in [-0.1, -0.05) is 0 Å². The Kier molecular flexibility index (Phi) is 6.11. The number of thioether (sulfide) groups is 1. The second kappa shape index (κ2) is 7.41. The smallest absolute Gasteiger partial charge is 0.163 e. The van der Waals surface area contributed by atoms with Crippen LogP contribution in [0.2, 0.25) is 0 Å². The van der Waals surface area contributed by atoms with Crippen LogP contribution >= 0.6 is 11.8 Å². The second-order valence-corrected chi connectivity index (χ2v) is 4.59. The monoisotopic (exact) mass is 242 g/mol. The third-order valence-corrected chi connectivity index (χ3v) is 3.16. The highest BCUT2D eigenvalue weighted by Crippen LogP contribution is 2.10. The van der Waals surface area contributed by atoms with E-state index in [0.717, 1.165) is 17.9 Å². The summed E-state index contributed by atoms with van der Waals surface area (Å²) in [6, 6.07) is 5.62. The first-order valence-electron chi connectivity index (χ1n) is 5.21. The molecule has 0 saturated carbocycles. The Morgan fingerprint density at radius 2 is 1.94 bits per heavy atom. The van der Waals surface area contributed by atoms with Gasteiger partial charge in [0.05, 0.1) is 0 Å². The molecule has 0 fully saturated rings. The molecule has 0 aliphatic rings. The van der Waals surface area contributed by atoms with Crippen LogP contribution in [-0.2, 0) is 0 Å². The van der Waals surface area contributed by atoms with E-state index in [4.69, 9.17) is 5.11 Å². The van der Waals surface area contributed by atoms with E-state index >= 15 is 0 Å². The molecule has 1 aromatic rings. The molecular weight excluding hydrogens is 227 g/mol. The summed E-state index contributed by atoms with van der Waals surface area (Å²) >= 11 is 1.65. The number of hydrogen-bond acceptors (Lipinski definition) is 3. The number of aliphatic hydroxyl groups excluding tert-OH is 1. The average Bonchev–Trinajstić information content (AvgIpc) is 2.29. The second-order valence-electron chi connectivity index (χ2n) is 3.37. The van der Waals surface area contributed by atoms with Gasteiger partial charge < -0.3 is 5.11 Å². The number of benzene rings is 1. The first-order chi connectivity index (χ1) is 7.74. The van der Waals surface area contributed by atoms with Crippen molar-refractivity contribution in [2.75, 3.05) is 18.1 Å². The number of carbonyl (C=O) groups is 1. The molecule has 88 valence electrons. The van der Waals surface area contributed by atoms with Gasteiger partial charge in [0.2, 0.25) is 0 Å². The van der Waals surface area contributed by atoms with Crippen molar-refractivity contribution in [2.45, 2.75) is 12.8 Å². The molecule has 0 aromatic heterocycles. The number of carbonyl (C=O) groups excluding carboxylic acids is 1. The molecule has 0 unspecified atom stereocenters. The number of ketones is 1. The molecule has 0 aliphatic heterocycles. The van der Waals surface area contributed by atoms with Crippen molar-refractivity contribution < 1.29 is 14.3 Å². The van der Waals surface area contributed by atoms with Gasteiger partial charge in [0.1, 0.15) is 5.82 Å². The lowest BCUT2D eigenvalue weighted by molar-refractivity contribution is 0.0989. The highest BCUT2D eigenvalue weighted by molar-refractivity contribution is 7.99. The highest BCUT2D eigenvalue weighted by Gasteiger charge is 2.05. The van der Waals surface area contributed by atoms with E-state index in [-0.39, 0.29) is 18.2 Å². The summed E-state index contributed by atoms with van der Waals surface area (Å²) in [5, 5.41) is 8.56. The van der Waals surface area contributed by atoms with E-state index in [1.54, 1.807) is 11.8 Å². The maximum atomic E-state index is 12.6. The zero-order chi connectivity index (χ0) is 11.8. The molecule has 0 amide bonds. The normalized spacial score (nSPS) is 10.4. The molecule has 0 bridgehead atoms. The molecular formula is C12H15FO2S. The number of Topliss-reactive ketones (excluding diaryl/α,β-unsaturated/α-hetero) is 1. The SMILES string of the molecule is O=C(CCSCCCO)c1ccc(F)cc1. The van der Waals surface area contributed by atoms with Gasteiger partial charge in [-0.3, -0.25) is 4.79 Å². The third-order valence-electron chi connectivity index (χ3n) is 2.09. The van der Waals surface area contributed by atoms with E-state index in [9.17, 15) is 9.18 Å². The first-order valence-corrected chi connectivity index (χ1v) is 6.37. The average molecular weight is 242 g/mol. The van der Waals surface area contributed by atoms with Gasteiger partial charge in [-0.05, 0) is 36.4 Å². The van der Waals surface area contributed by atoms with Crippen molar-refractivity contribution in [1.82, 2.24) is 0 Å². The minimum Gasteiger partial charge on any atom is -0.396 e. The maximum absolute atomic E-state index is 12.6. The topological polar surface area (TPSA) is 37.3 Å². The van der Waals surface area contributed by atoms with Crippen LogP contribution in [0.1, 0.15) is 23.2 Å². The van der Waals surface area contributed by atoms with Crippen LogP contribution in [0, 0.1) is 5.82 Å². The van der Waals surface area contributed by atoms with Crippen molar-refractivity contribution >= 4 is 17.5 Å². The highest BCUT2D eigenvalue weighted by atomic mass is 32.2. The summed E-state index contributed by atoms with van der Waals surface area (Å²) in [5.41, 5.74) is 0.559. The molecule has 16 heavy (non-hydrogen) atoms. The third kappa shape index (κ3) is 4.77. The predicted molar refractivity (Wildman–Crippen MR) is 64.4 cm³/mol. The molecule has 0 spiro atoms. The van der Waals surface area contributed by atoms with Crippen molar-refractivity contribution in [2.24, 2.45) is 0 Å². The minimum atomic E-state index is -0.325.